The molecular weight excluding hydrogens is 224 g/mol. The lowest BCUT2D eigenvalue weighted by molar-refractivity contribution is -0.156. The minimum atomic E-state index is -0.554. The highest BCUT2D eigenvalue weighted by Crippen LogP contribution is 2.09. The van der Waals surface area contributed by atoms with Crippen LogP contribution in [0.1, 0.15) is 47.0 Å². The van der Waals surface area contributed by atoms with Crippen LogP contribution in [-0.4, -0.2) is 29.9 Å². The summed E-state index contributed by atoms with van der Waals surface area (Å²) in [5.74, 6) is -1.30. The molecule has 0 radical (unpaired) electrons. The molecule has 0 aliphatic rings. The van der Waals surface area contributed by atoms with Gasteiger partial charge in [0.1, 0.15) is 17.8 Å². The summed E-state index contributed by atoms with van der Waals surface area (Å²) >= 11 is 0. The number of carbonyl (C=O) groups is 3. The Morgan fingerprint density at radius 3 is 2.06 bits per heavy atom. The third-order valence-corrected chi connectivity index (χ3v) is 1.67. The Morgan fingerprint density at radius 2 is 1.59 bits per heavy atom. The molecule has 0 heterocycles. The lowest BCUT2D eigenvalue weighted by Crippen LogP contribution is -2.24. The highest BCUT2D eigenvalue weighted by molar-refractivity contribution is 5.96. The molecule has 5 nitrogen and oxygen atoms in total. The number of ketones is 1. The predicted octanol–water partition coefficient (Wildman–Crippen LogP) is 1.63. The lowest BCUT2D eigenvalue weighted by Gasteiger charge is -2.19. The van der Waals surface area contributed by atoms with E-state index in [9.17, 15) is 14.4 Å². The van der Waals surface area contributed by atoms with Crippen molar-refractivity contribution in [2.75, 3.05) is 6.61 Å². The van der Waals surface area contributed by atoms with Crippen molar-refractivity contribution in [2.45, 2.75) is 52.6 Å². The van der Waals surface area contributed by atoms with Gasteiger partial charge < -0.3 is 9.47 Å². The Kier molecular flexibility index (Phi) is 6.46. The highest BCUT2D eigenvalue weighted by atomic mass is 16.6. The van der Waals surface area contributed by atoms with Crippen molar-refractivity contribution in [2.24, 2.45) is 0 Å². The van der Waals surface area contributed by atoms with Gasteiger partial charge in [-0.1, -0.05) is 0 Å². The molecule has 0 bridgehead atoms. The summed E-state index contributed by atoms with van der Waals surface area (Å²) < 4.78 is 9.66. The van der Waals surface area contributed by atoms with E-state index in [4.69, 9.17) is 4.74 Å². The molecule has 0 saturated carbocycles. The number of carbonyl (C=O) groups excluding carboxylic acids is 3. The molecule has 5 heteroatoms. The van der Waals surface area contributed by atoms with Crippen LogP contribution in [0.25, 0.3) is 0 Å². The molecule has 98 valence electrons. The molecule has 0 aromatic rings. The summed E-state index contributed by atoms with van der Waals surface area (Å²) in [7, 11) is 0. The minimum Gasteiger partial charge on any atom is -0.466 e. The number of ether oxygens (including phenoxy) is 2. The minimum absolute atomic E-state index is 0.00446. The van der Waals surface area contributed by atoms with Crippen LogP contribution in [0.5, 0.6) is 0 Å². The maximum atomic E-state index is 11.3. The summed E-state index contributed by atoms with van der Waals surface area (Å²) in [5, 5.41) is 0. The molecule has 17 heavy (non-hydrogen) atoms. The first-order valence-corrected chi connectivity index (χ1v) is 5.63. The fourth-order valence-corrected chi connectivity index (χ4v) is 1.10. The van der Waals surface area contributed by atoms with Crippen molar-refractivity contribution in [3.63, 3.8) is 0 Å². The highest BCUT2D eigenvalue weighted by Gasteiger charge is 2.18. The average molecular weight is 244 g/mol. The van der Waals surface area contributed by atoms with Gasteiger partial charge in [-0.3, -0.25) is 14.4 Å². The van der Waals surface area contributed by atoms with E-state index in [-0.39, 0.29) is 31.7 Å². The summed E-state index contributed by atoms with van der Waals surface area (Å²) in [6, 6.07) is 0. The Hall–Kier alpha value is -1.39. The van der Waals surface area contributed by atoms with E-state index in [1.807, 2.05) is 0 Å². The van der Waals surface area contributed by atoms with Gasteiger partial charge in [0.2, 0.25) is 0 Å². The normalized spacial score (nSPS) is 10.8. The van der Waals surface area contributed by atoms with Gasteiger partial charge in [-0.25, -0.2) is 0 Å². The summed E-state index contributed by atoms with van der Waals surface area (Å²) in [6.45, 7) is 7.18. The molecule has 0 rings (SSSR count). The number of hydrogen-bond acceptors (Lipinski definition) is 5. The zero-order valence-corrected chi connectivity index (χ0v) is 10.9. The number of esters is 2. The van der Waals surface area contributed by atoms with E-state index in [1.165, 1.54) is 0 Å². The van der Waals surface area contributed by atoms with E-state index in [1.54, 1.807) is 27.7 Å². The van der Waals surface area contributed by atoms with Gasteiger partial charge in [0, 0.05) is 6.42 Å². The van der Waals surface area contributed by atoms with Crippen LogP contribution in [0.2, 0.25) is 0 Å². The van der Waals surface area contributed by atoms with Gasteiger partial charge in [0.25, 0.3) is 0 Å². The molecule has 0 unspecified atom stereocenters. The third-order valence-electron chi connectivity index (χ3n) is 1.67. The predicted molar refractivity (Wildman–Crippen MR) is 61.3 cm³/mol. The van der Waals surface area contributed by atoms with E-state index >= 15 is 0 Å². The van der Waals surface area contributed by atoms with Crippen molar-refractivity contribution in [3.8, 4) is 0 Å². The standard InChI is InChI=1S/C12H20O5/c1-5-16-11(15)8-9(13)6-7-10(14)17-12(2,3)4/h5-8H2,1-4H3. The van der Waals surface area contributed by atoms with Gasteiger partial charge in [-0.05, 0) is 27.7 Å². The summed E-state index contributed by atoms with van der Waals surface area (Å²) in [5.41, 5.74) is -0.554. The molecule has 0 aromatic carbocycles. The Balaban J connectivity index is 3.85. The van der Waals surface area contributed by atoms with E-state index in [0.29, 0.717) is 0 Å². The van der Waals surface area contributed by atoms with Gasteiger partial charge in [-0.15, -0.1) is 0 Å². The Bertz CT molecular complexity index is 288. The van der Waals surface area contributed by atoms with E-state index < -0.39 is 17.5 Å². The molecule has 0 aliphatic heterocycles. The summed E-state index contributed by atoms with van der Waals surface area (Å²) in [4.78, 5) is 33.5. The second-order valence-corrected chi connectivity index (χ2v) is 4.61. The fraction of sp³-hybridized carbons (Fsp3) is 0.750. The molecule has 0 spiro atoms. The summed E-state index contributed by atoms with van der Waals surface area (Å²) in [6.07, 6.45) is -0.278. The van der Waals surface area contributed by atoms with Crippen molar-refractivity contribution >= 4 is 17.7 Å². The van der Waals surface area contributed by atoms with Gasteiger partial charge in [0.05, 0.1) is 13.0 Å². The molecule has 0 atom stereocenters. The van der Waals surface area contributed by atoms with Crippen LogP contribution in [0.4, 0.5) is 0 Å². The SMILES string of the molecule is CCOC(=O)CC(=O)CCC(=O)OC(C)(C)C. The Labute approximate surface area is 101 Å². The first-order valence-electron chi connectivity index (χ1n) is 5.63. The zero-order chi connectivity index (χ0) is 13.5. The van der Waals surface area contributed by atoms with Crippen LogP contribution in [0, 0.1) is 0 Å². The first kappa shape index (κ1) is 15.6. The molecule has 0 N–H and O–H groups in total. The molecule has 0 amide bonds. The third kappa shape index (κ3) is 9.53. The number of hydrogen-bond donors (Lipinski definition) is 0. The fourth-order valence-electron chi connectivity index (χ4n) is 1.10. The number of rotatable bonds is 6. The second kappa shape index (κ2) is 7.04. The van der Waals surface area contributed by atoms with Crippen LogP contribution < -0.4 is 0 Å². The Morgan fingerprint density at radius 1 is 1.00 bits per heavy atom. The van der Waals surface area contributed by atoms with Crippen molar-refractivity contribution in [1.29, 1.82) is 0 Å². The van der Waals surface area contributed by atoms with Gasteiger partial charge >= 0.3 is 11.9 Å². The zero-order valence-electron chi connectivity index (χ0n) is 10.9. The van der Waals surface area contributed by atoms with Gasteiger partial charge in [0.15, 0.2) is 0 Å². The van der Waals surface area contributed by atoms with Crippen molar-refractivity contribution in [1.82, 2.24) is 0 Å². The van der Waals surface area contributed by atoms with E-state index in [2.05, 4.69) is 4.74 Å². The van der Waals surface area contributed by atoms with Crippen molar-refractivity contribution < 1.29 is 23.9 Å². The van der Waals surface area contributed by atoms with Crippen LogP contribution >= 0.6 is 0 Å². The monoisotopic (exact) mass is 244 g/mol. The maximum Gasteiger partial charge on any atom is 0.313 e. The first-order chi connectivity index (χ1) is 7.74. The largest absolute Gasteiger partial charge is 0.466 e. The average Bonchev–Trinajstić information content (AvgIpc) is 2.12. The van der Waals surface area contributed by atoms with Crippen LogP contribution in [0.15, 0.2) is 0 Å². The van der Waals surface area contributed by atoms with Crippen LogP contribution in [0.3, 0.4) is 0 Å². The van der Waals surface area contributed by atoms with Crippen molar-refractivity contribution in [3.05, 3.63) is 0 Å². The molecule has 0 saturated heterocycles. The quantitative estimate of drug-likeness (QED) is 0.524. The molecule has 0 aromatic heterocycles. The smallest absolute Gasteiger partial charge is 0.313 e. The molecule has 0 fully saturated rings. The lowest BCUT2D eigenvalue weighted by atomic mass is 10.1. The van der Waals surface area contributed by atoms with Gasteiger partial charge in [-0.2, -0.15) is 0 Å². The second-order valence-electron chi connectivity index (χ2n) is 4.61. The van der Waals surface area contributed by atoms with E-state index in [0.717, 1.165) is 0 Å². The molecule has 0 aliphatic carbocycles. The van der Waals surface area contributed by atoms with Crippen LogP contribution in [-0.2, 0) is 23.9 Å². The molecular formula is C12H20O5. The number of Topliss-reactive ketones (excluding diaryl/α,β-unsaturated/α-hetero) is 1. The maximum absolute atomic E-state index is 11.3. The topological polar surface area (TPSA) is 69.7 Å².